The molecule has 3 rings (SSSR count). The van der Waals surface area contributed by atoms with E-state index in [0.717, 1.165) is 24.0 Å². The molecule has 0 aliphatic heterocycles. The second kappa shape index (κ2) is 6.83. The van der Waals surface area contributed by atoms with Gasteiger partial charge in [0, 0.05) is 0 Å². The van der Waals surface area contributed by atoms with Gasteiger partial charge in [0.05, 0.1) is 34.3 Å². The van der Waals surface area contributed by atoms with Crippen molar-refractivity contribution in [3.05, 3.63) is 68.7 Å². The molecule has 0 spiro atoms. The third kappa shape index (κ3) is 3.12. The van der Waals surface area contributed by atoms with E-state index >= 15 is 0 Å². The quantitative estimate of drug-likeness (QED) is 0.831. The fourth-order valence-electron chi connectivity index (χ4n) is 2.91. The Labute approximate surface area is 149 Å². The second-order valence-corrected chi connectivity index (χ2v) is 6.36. The number of fused-ring (bicyclic) bond motifs is 1. The van der Waals surface area contributed by atoms with Gasteiger partial charge in [-0.25, -0.2) is 4.79 Å². The maximum absolute atomic E-state index is 12.5. The molecule has 1 aliphatic carbocycles. The number of hydrogen-bond donors (Lipinski definition) is 1. The van der Waals surface area contributed by atoms with Crippen LogP contribution in [-0.2, 0) is 11.2 Å². The number of amides is 1. The molecule has 6 heteroatoms. The van der Waals surface area contributed by atoms with E-state index in [1.807, 2.05) is 6.07 Å². The van der Waals surface area contributed by atoms with Gasteiger partial charge in [-0.15, -0.1) is 0 Å². The topological polar surface area (TPSA) is 55.4 Å². The molecule has 1 amide bonds. The zero-order valence-corrected chi connectivity index (χ0v) is 14.4. The van der Waals surface area contributed by atoms with Crippen molar-refractivity contribution in [1.82, 2.24) is 5.32 Å². The number of rotatable bonds is 3. The fraction of sp³-hybridized carbons (Fsp3) is 0.222. The summed E-state index contributed by atoms with van der Waals surface area (Å²) >= 11 is 12.1. The molecule has 0 aromatic heterocycles. The Bertz CT molecular complexity index is 820. The summed E-state index contributed by atoms with van der Waals surface area (Å²) in [6.07, 6.45) is 1.61. The van der Waals surface area contributed by atoms with E-state index in [-0.39, 0.29) is 17.0 Å². The molecule has 2 aromatic rings. The number of carbonyl (C=O) groups is 2. The molecular formula is C18H15Cl2NO3. The summed E-state index contributed by atoms with van der Waals surface area (Å²) in [4.78, 5) is 24.2. The van der Waals surface area contributed by atoms with Crippen molar-refractivity contribution >= 4 is 35.1 Å². The number of benzene rings is 2. The number of nitrogens with one attached hydrogen (secondary N) is 1. The highest BCUT2D eigenvalue weighted by Crippen LogP contribution is 2.33. The highest BCUT2D eigenvalue weighted by atomic mass is 35.5. The highest BCUT2D eigenvalue weighted by molar-refractivity contribution is 6.43. The van der Waals surface area contributed by atoms with Gasteiger partial charge >= 0.3 is 5.97 Å². The van der Waals surface area contributed by atoms with Crippen molar-refractivity contribution in [1.29, 1.82) is 0 Å². The van der Waals surface area contributed by atoms with Crippen LogP contribution in [0.5, 0.6) is 0 Å². The van der Waals surface area contributed by atoms with Gasteiger partial charge in [-0.1, -0.05) is 35.3 Å². The number of halogens is 2. The summed E-state index contributed by atoms with van der Waals surface area (Å²) in [5, 5.41) is 3.54. The van der Waals surface area contributed by atoms with Crippen LogP contribution < -0.4 is 5.32 Å². The van der Waals surface area contributed by atoms with E-state index in [9.17, 15) is 9.59 Å². The molecule has 0 saturated carbocycles. The lowest BCUT2D eigenvalue weighted by atomic mass is 10.0. The average molecular weight is 364 g/mol. The van der Waals surface area contributed by atoms with Crippen molar-refractivity contribution in [2.24, 2.45) is 0 Å². The first-order chi connectivity index (χ1) is 11.5. The van der Waals surface area contributed by atoms with Crippen molar-refractivity contribution < 1.29 is 14.3 Å². The summed E-state index contributed by atoms with van der Waals surface area (Å²) < 4.78 is 4.75. The predicted molar refractivity (Wildman–Crippen MR) is 92.8 cm³/mol. The first-order valence-corrected chi connectivity index (χ1v) is 8.23. The normalized spacial score (nSPS) is 15.7. The second-order valence-electron chi connectivity index (χ2n) is 5.57. The van der Waals surface area contributed by atoms with Gasteiger partial charge in [-0.3, -0.25) is 4.79 Å². The van der Waals surface area contributed by atoms with Gasteiger partial charge in [0.25, 0.3) is 5.91 Å². The van der Waals surface area contributed by atoms with Crippen molar-refractivity contribution in [3.8, 4) is 0 Å². The fourth-order valence-corrected chi connectivity index (χ4v) is 3.30. The van der Waals surface area contributed by atoms with E-state index in [1.165, 1.54) is 7.11 Å². The zero-order chi connectivity index (χ0) is 17.3. The molecule has 0 bridgehead atoms. The van der Waals surface area contributed by atoms with Crippen LogP contribution in [0, 0.1) is 0 Å². The third-order valence-corrected chi connectivity index (χ3v) is 4.97. The van der Waals surface area contributed by atoms with Crippen LogP contribution in [0.4, 0.5) is 0 Å². The molecule has 0 unspecified atom stereocenters. The number of methoxy groups -OCH3 is 1. The molecule has 0 heterocycles. The summed E-state index contributed by atoms with van der Waals surface area (Å²) in [6.45, 7) is 0. The van der Waals surface area contributed by atoms with Crippen LogP contribution in [-0.4, -0.2) is 19.0 Å². The van der Waals surface area contributed by atoms with Gasteiger partial charge < -0.3 is 10.1 Å². The Hall–Kier alpha value is -2.04. The first kappa shape index (κ1) is 16.8. The van der Waals surface area contributed by atoms with Gasteiger partial charge in [0.1, 0.15) is 0 Å². The largest absolute Gasteiger partial charge is 0.465 e. The predicted octanol–water partition coefficient (Wildman–Crippen LogP) is 4.20. The van der Waals surface area contributed by atoms with E-state index < -0.39 is 5.97 Å². The number of ether oxygens (including phenoxy) is 1. The Morgan fingerprint density at radius 1 is 1.21 bits per heavy atom. The number of hydrogen-bond acceptors (Lipinski definition) is 3. The minimum absolute atomic E-state index is 0.174. The molecule has 1 N–H and O–H groups in total. The molecule has 1 aliphatic rings. The third-order valence-electron chi connectivity index (χ3n) is 4.15. The van der Waals surface area contributed by atoms with Gasteiger partial charge in [0.2, 0.25) is 0 Å². The zero-order valence-electron chi connectivity index (χ0n) is 12.9. The van der Waals surface area contributed by atoms with Crippen molar-refractivity contribution in [2.45, 2.75) is 18.9 Å². The van der Waals surface area contributed by atoms with Gasteiger partial charge in [-0.05, 0) is 48.2 Å². The molecule has 2 aromatic carbocycles. The number of carbonyl (C=O) groups excluding carboxylic acids is 2. The molecule has 0 saturated heterocycles. The summed E-state index contributed by atoms with van der Waals surface area (Å²) in [6, 6.07) is 10.2. The Morgan fingerprint density at radius 3 is 2.75 bits per heavy atom. The van der Waals surface area contributed by atoms with E-state index in [4.69, 9.17) is 27.9 Å². The maximum atomic E-state index is 12.5. The lowest BCUT2D eigenvalue weighted by Gasteiger charge is -2.15. The minimum atomic E-state index is -0.396. The van der Waals surface area contributed by atoms with Crippen molar-refractivity contribution in [3.63, 3.8) is 0 Å². The van der Waals surface area contributed by atoms with Crippen LogP contribution in [0.15, 0.2) is 36.4 Å². The molecule has 0 radical (unpaired) electrons. The molecule has 124 valence electrons. The van der Waals surface area contributed by atoms with Gasteiger partial charge in [-0.2, -0.15) is 0 Å². The van der Waals surface area contributed by atoms with Crippen LogP contribution in [0.2, 0.25) is 10.0 Å². The van der Waals surface area contributed by atoms with Crippen LogP contribution in [0.25, 0.3) is 0 Å². The minimum Gasteiger partial charge on any atom is -0.465 e. The molecular weight excluding hydrogens is 349 g/mol. The van der Waals surface area contributed by atoms with Gasteiger partial charge in [0.15, 0.2) is 0 Å². The SMILES string of the molecule is COC(=O)c1ccc2c(c1)[C@H](NC(=O)c1cccc(Cl)c1Cl)CC2. The first-order valence-electron chi connectivity index (χ1n) is 7.47. The Balaban J connectivity index is 1.85. The molecule has 1 atom stereocenters. The summed E-state index contributed by atoms with van der Waals surface area (Å²) in [5.74, 6) is -0.684. The maximum Gasteiger partial charge on any atom is 0.337 e. The van der Waals surface area contributed by atoms with Crippen LogP contribution in [0.1, 0.15) is 44.3 Å². The lowest BCUT2D eigenvalue weighted by Crippen LogP contribution is -2.27. The number of aryl methyl sites for hydroxylation is 1. The Morgan fingerprint density at radius 2 is 2.00 bits per heavy atom. The summed E-state index contributed by atoms with van der Waals surface area (Å²) in [7, 11) is 1.34. The van der Waals surface area contributed by atoms with E-state index in [0.29, 0.717) is 16.1 Å². The smallest absolute Gasteiger partial charge is 0.337 e. The number of esters is 1. The average Bonchev–Trinajstić information content (AvgIpc) is 2.98. The van der Waals surface area contributed by atoms with E-state index in [1.54, 1.807) is 30.3 Å². The Kier molecular flexibility index (Phi) is 4.78. The lowest BCUT2D eigenvalue weighted by molar-refractivity contribution is 0.0600. The summed E-state index contributed by atoms with van der Waals surface area (Å²) in [5.41, 5.74) is 2.86. The molecule has 24 heavy (non-hydrogen) atoms. The standard InChI is InChI=1S/C18H15Cl2NO3/c1-24-18(23)11-6-5-10-7-8-15(13(10)9-11)21-17(22)12-3-2-4-14(19)16(12)20/h2-6,9,15H,7-8H2,1H3,(H,21,22)/t15-/m1/s1. The molecule has 4 nitrogen and oxygen atoms in total. The van der Waals surface area contributed by atoms with Crippen molar-refractivity contribution in [2.75, 3.05) is 7.11 Å². The monoisotopic (exact) mass is 363 g/mol. The highest BCUT2D eigenvalue weighted by Gasteiger charge is 2.26. The molecule has 0 fully saturated rings. The van der Waals surface area contributed by atoms with Crippen LogP contribution in [0.3, 0.4) is 0 Å². The van der Waals surface area contributed by atoms with Crippen LogP contribution >= 0.6 is 23.2 Å². The van der Waals surface area contributed by atoms with E-state index in [2.05, 4.69) is 5.32 Å².